The van der Waals surface area contributed by atoms with E-state index >= 15 is 0 Å². The quantitative estimate of drug-likeness (QED) is 0.277. The molecule has 1 amide bonds. The molecule has 35 heavy (non-hydrogen) atoms. The summed E-state index contributed by atoms with van der Waals surface area (Å²) < 4.78 is 59.2. The molecule has 11 heteroatoms. The molecule has 0 saturated heterocycles. The number of aryl methyl sites for hydroxylation is 1. The number of alkyl halides is 3. The van der Waals surface area contributed by atoms with Gasteiger partial charge in [-0.25, -0.2) is 14.2 Å². The summed E-state index contributed by atoms with van der Waals surface area (Å²) in [4.78, 5) is 32.7. The number of imidazole rings is 1. The van der Waals surface area contributed by atoms with E-state index < -0.39 is 29.9 Å². The van der Waals surface area contributed by atoms with Crippen LogP contribution in [0.2, 0.25) is 0 Å². The third-order valence-electron chi connectivity index (χ3n) is 4.92. The van der Waals surface area contributed by atoms with Crippen molar-refractivity contribution in [2.45, 2.75) is 26.1 Å². The van der Waals surface area contributed by atoms with Gasteiger partial charge in [-0.15, -0.1) is 0 Å². The number of methoxy groups -OCH3 is 1. The molecule has 1 heterocycles. The standard InChI is InChI=1S/C24H21F4N3O4/c1-15-13-30(14-29-15)20-9-7-17(11-21(20)34-3)8-10-22(32)31(35-23(33)24(26,27)28)16(2)18-5-4-6-19(25)12-18/h4-14,16H,1-3H3/b10-8+. The third-order valence-corrected chi connectivity index (χ3v) is 4.92. The summed E-state index contributed by atoms with van der Waals surface area (Å²) in [6.07, 6.45) is 0.318. The lowest BCUT2D eigenvalue weighted by Crippen LogP contribution is -2.39. The molecule has 0 fully saturated rings. The zero-order valence-electron chi connectivity index (χ0n) is 18.9. The molecule has 1 atom stereocenters. The fraction of sp³-hybridized carbons (Fsp3) is 0.208. The smallest absolute Gasteiger partial charge is 0.493 e. The fourth-order valence-electron chi connectivity index (χ4n) is 3.16. The highest BCUT2D eigenvalue weighted by Crippen LogP contribution is 2.27. The minimum absolute atomic E-state index is 0.128. The number of carbonyl (C=O) groups excluding carboxylic acids is 2. The van der Waals surface area contributed by atoms with E-state index in [4.69, 9.17) is 4.74 Å². The molecular formula is C24H21F4N3O4. The van der Waals surface area contributed by atoms with E-state index in [0.29, 0.717) is 17.0 Å². The number of ether oxygens (including phenoxy) is 1. The molecule has 3 rings (SSSR count). The maximum Gasteiger partial charge on any atom is 0.493 e. The lowest BCUT2D eigenvalue weighted by Gasteiger charge is -2.27. The predicted octanol–water partition coefficient (Wildman–Crippen LogP) is 4.95. The van der Waals surface area contributed by atoms with E-state index in [-0.39, 0.29) is 10.6 Å². The normalized spacial score (nSPS) is 12.4. The first-order chi connectivity index (χ1) is 16.5. The molecule has 1 aromatic heterocycles. The van der Waals surface area contributed by atoms with Crippen LogP contribution in [0.5, 0.6) is 5.75 Å². The van der Waals surface area contributed by atoms with Crippen molar-refractivity contribution in [3.63, 3.8) is 0 Å². The Labute approximate surface area is 198 Å². The molecular weight excluding hydrogens is 470 g/mol. The second kappa shape index (κ2) is 10.4. The Balaban J connectivity index is 1.88. The van der Waals surface area contributed by atoms with Gasteiger partial charge >= 0.3 is 12.1 Å². The number of carbonyl (C=O) groups is 2. The van der Waals surface area contributed by atoms with Crippen molar-refractivity contribution in [2.24, 2.45) is 0 Å². The number of hydrogen-bond acceptors (Lipinski definition) is 5. The first-order valence-electron chi connectivity index (χ1n) is 10.2. The van der Waals surface area contributed by atoms with E-state index in [2.05, 4.69) is 9.82 Å². The Kier molecular flexibility index (Phi) is 7.58. The minimum atomic E-state index is -5.33. The van der Waals surface area contributed by atoms with Gasteiger partial charge in [-0.1, -0.05) is 18.2 Å². The van der Waals surface area contributed by atoms with Gasteiger partial charge in [-0.05, 0) is 55.3 Å². The number of nitrogens with zero attached hydrogens (tertiary/aromatic N) is 3. The number of benzene rings is 2. The van der Waals surface area contributed by atoms with Gasteiger partial charge in [-0.2, -0.15) is 18.2 Å². The van der Waals surface area contributed by atoms with E-state index in [1.165, 1.54) is 32.2 Å². The molecule has 0 bridgehead atoms. The molecule has 0 N–H and O–H groups in total. The van der Waals surface area contributed by atoms with Gasteiger partial charge in [-0.3, -0.25) is 4.79 Å². The van der Waals surface area contributed by atoms with Crippen LogP contribution in [-0.4, -0.2) is 39.8 Å². The Hall–Kier alpha value is -4.15. The van der Waals surface area contributed by atoms with Crippen molar-refractivity contribution >= 4 is 18.0 Å². The second-order valence-electron chi connectivity index (χ2n) is 7.46. The van der Waals surface area contributed by atoms with Crippen molar-refractivity contribution in [3.05, 3.63) is 83.7 Å². The summed E-state index contributed by atoms with van der Waals surface area (Å²) in [5.41, 5.74) is 2.08. The molecule has 3 aromatic rings. The van der Waals surface area contributed by atoms with Crippen LogP contribution in [0, 0.1) is 12.7 Å². The zero-order valence-corrected chi connectivity index (χ0v) is 18.9. The highest BCUT2D eigenvalue weighted by molar-refractivity contribution is 5.92. The fourth-order valence-corrected chi connectivity index (χ4v) is 3.16. The third kappa shape index (κ3) is 6.25. The Morgan fingerprint density at radius 2 is 1.91 bits per heavy atom. The first kappa shape index (κ1) is 25.5. The van der Waals surface area contributed by atoms with Crippen molar-refractivity contribution < 1.29 is 36.7 Å². The first-order valence-corrected chi connectivity index (χ1v) is 10.2. The Bertz CT molecular complexity index is 1250. The van der Waals surface area contributed by atoms with Gasteiger partial charge in [0, 0.05) is 12.3 Å². The molecule has 0 aliphatic rings. The van der Waals surface area contributed by atoms with E-state index in [9.17, 15) is 27.2 Å². The Morgan fingerprint density at radius 1 is 1.17 bits per heavy atom. The van der Waals surface area contributed by atoms with Gasteiger partial charge in [0.1, 0.15) is 11.6 Å². The molecule has 2 aromatic carbocycles. The minimum Gasteiger partial charge on any atom is -0.495 e. The SMILES string of the molecule is COc1cc(/C=C/C(=O)N(OC(=O)C(F)(F)F)C(C)c2cccc(F)c2)ccc1-n1cnc(C)c1. The number of rotatable bonds is 6. The molecule has 184 valence electrons. The topological polar surface area (TPSA) is 73.7 Å². The van der Waals surface area contributed by atoms with Gasteiger partial charge < -0.3 is 14.1 Å². The summed E-state index contributed by atoms with van der Waals surface area (Å²) in [6, 6.07) is 8.62. The summed E-state index contributed by atoms with van der Waals surface area (Å²) in [5, 5.41) is 0.251. The molecule has 7 nitrogen and oxygen atoms in total. The van der Waals surface area contributed by atoms with Crippen LogP contribution in [0.4, 0.5) is 17.6 Å². The van der Waals surface area contributed by atoms with Crippen LogP contribution in [0.15, 0.2) is 61.1 Å². The predicted molar refractivity (Wildman–Crippen MR) is 118 cm³/mol. The maximum atomic E-state index is 13.6. The lowest BCUT2D eigenvalue weighted by atomic mass is 10.1. The van der Waals surface area contributed by atoms with Gasteiger partial charge in [0.2, 0.25) is 0 Å². The molecule has 0 aliphatic heterocycles. The van der Waals surface area contributed by atoms with Crippen LogP contribution in [0.1, 0.15) is 29.8 Å². The number of hydrogen-bond donors (Lipinski definition) is 0. The van der Waals surface area contributed by atoms with E-state index in [1.807, 2.05) is 6.92 Å². The zero-order chi connectivity index (χ0) is 25.8. The summed E-state index contributed by atoms with van der Waals surface area (Å²) >= 11 is 0. The number of aromatic nitrogens is 2. The van der Waals surface area contributed by atoms with Gasteiger partial charge in [0.05, 0.1) is 30.9 Å². The van der Waals surface area contributed by atoms with Crippen molar-refractivity contribution in [1.82, 2.24) is 14.6 Å². The lowest BCUT2D eigenvalue weighted by molar-refractivity contribution is -0.241. The summed E-state index contributed by atoms with van der Waals surface area (Å²) in [5.74, 6) is -3.86. The van der Waals surface area contributed by atoms with E-state index in [1.54, 1.807) is 35.3 Å². The molecule has 0 spiro atoms. The maximum absolute atomic E-state index is 13.6. The molecule has 0 aliphatic carbocycles. The highest BCUT2D eigenvalue weighted by atomic mass is 19.4. The molecule has 0 radical (unpaired) electrons. The van der Waals surface area contributed by atoms with Crippen molar-refractivity contribution in [3.8, 4) is 11.4 Å². The van der Waals surface area contributed by atoms with Crippen molar-refractivity contribution in [2.75, 3.05) is 7.11 Å². The van der Waals surface area contributed by atoms with Crippen LogP contribution in [0.25, 0.3) is 11.8 Å². The van der Waals surface area contributed by atoms with Crippen LogP contribution < -0.4 is 4.74 Å². The van der Waals surface area contributed by atoms with Gasteiger partial charge in [0.15, 0.2) is 0 Å². The largest absolute Gasteiger partial charge is 0.495 e. The highest BCUT2D eigenvalue weighted by Gasteiger charge is 2.44. The number of amides is 1. The number of hydroxylamine groups is 2. The van der Waals surface area contributed by atoms with E-state index in [0.717, 1.165) is 23.9 Å². The Morgan fingerprint density at radius 3 is 2.51 bits per heavy atom. The second-order valence-corrected chi connectivity index (χ2v) is 7.46. The van der Waals surface area contributed by atoms with Crippen LogP contribution >= 0.6 is 0 Å². The van der Waals surface area contributed by atoms with Crippen molar-refractivity contribution in [1.29, 1.82) is 0 Å². The van der Waals surface area contributed by atoms with Gasteiger partial charge in [0.25, 0.3) is 5.91 Å². The van der Waals surface area contributed by atoms with Crippen LogP contribution in [-0.2, 0) is 14.4 Å². The summed E-state index contributed by atoms with van der Waals surface area (Å²) in [6.45, 7) is 3.13. The number of halogens is 4. The average molecular weight is 491 g/mol. The average Bonchev–Trinajstić information content (AvgIpc) is 3.25. The summed E-state index contributed by atoms with van der Waals surface area (Å²) in [7, 11) is 1.46. The monoisotopic (exact) mass is 491 g/mol. The molecule has 0 saturated carbocycles. The van der Waals surface area contributed by atoms with Crippen LogP contribution in [0.3, 0.4) is 0 Å². The molecule has 1 unspecified atom stereocenters.